The number of fused-ring (bicyclic) bond motifs is 1. The highest BCUT2D eigenvalue weighted by Gasteiger charge is 2.11. The van der Waals surface area contributed by atoms with E-state index in [1.54, 1.807) is 0 Å². The Hall–Kier alpha value is -1.46. The molecule has 3 rings (SSSR count). The van der Waals surface area contributed by atoms with Gasteiger partial charge >= 0.3 is 0 Å². The quantitative estimate of drug-likeness (QED) is 0.818. The Bertz CT molecular complexity index is 486. The molecule has 0 aliphatic carbocycles. The minimum Gasteiger partial charge on any atom is -0.314 e. The van der Waals surface area contributed by atoms with E-state index in [0.717, 1.165) is 50.6 Å². The molecule has 0 amide bonds. The van der Waals surface area contributed by atoms with Gasteiger partial charge < -0.3 is 10.2 Å². The van der Waals surface area contributed by atoms with Crippen molar-refractivity contribution in [2.45, 2.75) is 6.42 Å². The van der Waals surface area contributed by atoms with E-state index in [1.165, 1.54) is 0 Å². The standard InChI is InChI=1S/C12H17N5/c1-2-7-17-11(3-1)14-15-12(17)4-8-16-9-5-13-6-10-16/h1-3,7,13H,4-6,8-10H2. The first-order valence-electron chi connectivity index (χ1n) is 6.15. The van der Waals surface area contributed by atoms with E-state index < -0.39 is 0 Å². The molecular weight excluding hydrogens is 214 g/mol. The maximum absolute atomic E-state index is 4.25. The summed E-state index contributed by atoms with van der Waals surface area (Å²) in [6.45, 7) is 5.53. The molecule has 0 aromatic carbocycles. The second kappa shape index (κ2) is 4.81. The van der Waals surface area contributed by atoms with E-state index in [9.17, 15) is 0 Å². The highest BCUT2D eigenvalue weighted by Crippen LogP contribution is 2.04. The van der Waals surface area contributed by atoms with Gasteiger partial charge in [-0.2, -0.15) is 0 Å². The molecule has 0 unspecified atom stereocenters. The zero-order valence-electron chi connectivity index (χ0n) is 9.84. The fourth-order valence-corrected chi connectivity index (χ4v) is 2.25. The van der Waals surface area contributed by atoms with E-state index >= 15 is 0 Å². The van der Waals surface area contributed by atoms with Crippen molar-refractivity contribution >= 4 is 5.65 Å². The lowest BCUT2D eigenvalue weighted by molar-refractivity contribution is 0.242. The van der Waals surface area contributed by atoms with Crippen molar-refractivity contribution in [3.63, 3.8) is 0 Å². The number of nitrogens with zero attached hydrogens (tertiary/aromatic N) is 4. The average Bonchev–Trinajstić information content (AvgIpc) is 2.81. The minimum atomic E-state index is 0.933. The summed E-state index contributed by atoms with van der Waals surface area (Å²) in [6.07, 6.45) is 2.99. The van der Waals surface area contributed by atoms with Gasteiger partial charge in [-0.15, -0.1) is 10.2 Å². The Labute approximate surface area is 100 Å². The van der Waals surface area contributed by atoms with Gasteiger partial charge in [0.25, 0.3) is 0 Å². The van der Waals surface area contributed by atoms with Crippen molar-refractivity contribution in [3.8, 4) is 0 Å². The van der Waals surface area contributed by atoms with Gasteiger partial charge in [-0.05, 0) is 12.1 Å². The van der Waals surface area contributed by atoms with Crippen LogP contribution < -0.4 is 5.32 Å². The summed E-state index contributed by atoms with van der Waals surface area (Å²) in [6, 6.07) is 6.00. The van der Waals surface area contributed by atoms with Gasteiger partial charge in [0.05, 0.1) is 0 Å². The predicted octanol–water partition coefficient (Wildman–Crippen LogP) is 0.177. The van der Waals surface area contributed by atoms with Crippen LogP contribution >= 0.6 is 0 Å². The van der Waals surface area contributed by atoms with Crippen molar-refractivity contribution < 1.29 is 0 Å². The Morgan fingerprint density at radius 3 is 2.94 bits per heavy atom. The SMILES string of the molecule is c1ccn2c(CCN3CCNCC3)nnc2c1. The lowest BCUT2D eigenvalue weighted by atomic mass is 10.3. The summed E-state index contributed by atoms with van der Waals surface area (Å²) in [5.41, 5.74) is 0.933. The molecule has 0 atom stereocenters. The van der Waals surface area contributed by atoms with Crippen molar-refractivity contribution in [2.24, 2.45) is 0 Å². The van der Waals surface area contributed by atoms with Crippen LogP contribution in [0.4, 0.5) is 0 Å². The molecule has 1 aliphatic rings. The molecule has 0 bridgehead atoms. The Morgan fingerprint density at radius 2 is 2.06 bits per heavy atom. The third-order valence-electron chi connectivity index (χ3n) is 3.25. The molecule has 2 aromatic heterocycles. The summed E-state index contributed by atoms with van der Waals surface area (Å²) < 4.78 is 2.07. The van der Waals surface area contributed by atoms with Gasteiger partial charge in [0.2, 0.25) is 0 Å². The van der Waals surface area contributed by atoms with Gasteiger partial charge in [0, 0.05) is 45.3 Å². The van der Waals surface area contributed by atoms with Gasteiger partial charge in [0.15, 0.2) is 5.65 Å². The van der Waals surface area contributed by atoms with E-state index in [0.29, 0.717) is 0 Å². The van der Waals surface area contributed by atoms with Crippen molar-refractivity contribution in [2.75, 3.05) is 32.7 Å². The van der Waals surface area contributed by atoms with Crippen LogP contribution in [-0.4, -0.2) is 52.2 Å². The van der Waals surface area contributed by atoms with E-state index in [4.69, 9.17) is 0 Å². The monoisotopic (exact) mass is 231 g/mol. The first-order valence-corrected chi connectivity index (χ1v) is 6.15. The minimum absolute atomic E-state index is 0.933. The topological polar surface area (TPSA) is 45.5 Å². The number of piperazine rings is 1. The zero-order chi connectivity index (χ0) is 11.5. The molecule has 1 fully saturated rings. The summed E-state index contributed by atoms with van der Waals surface area (Å²) in [4.78, 5) is 2.47. The second-order valence-electron chi connectivity index (χ2n) is 4.39. The molecule has 3 heterocycles. The van der Waals surface area contributed by atoms with Crippen molar-refractivity contribution in [3.05, 3.63) is 30.2 Å². The summed E-state index contributed by atoms with van der Waals surface area (Å²) in [5, 5.41) is 11.8. The molecule has 2 aromatic rings. The molecule has 1 N–H and O–H groups in total. The first kappa shape index (κ1) is 10.7. The average molecular weight is 231 g/mol. The van der Waals surface area contributed by atoms with Gasteiger partial charge in [-0.1, -0.05) is 6.07 Å². The summed E-state index contributed by atoms with van der Waals surface area (Å²) in [7, 11) is 0. The highest BCUT2D eigenvalue weighted by atomic mass is 15.3. The van der Waals surface area contributed by atoms with Gasteiger partial charge in [-0.25, -0.2) is 0 Å². The molecule has 5 heteroatoms. The van der Waals surface area contributed by atoms with Gasteiger partial charge in [0.1, 0.15) is 5.82 Å². The third kappa shape index (κ3) is 2.30. The molecule has 5 nitrogen and oxygen atoms in total. The van der Waals surface area contributed by atoms with Crippen LogP contribution in [0.2, 0.25) is 0 Å². The van der Waals surface area contributed by atoms with E-state index in [2.05, 4.69) is 24.8 Å². The van der Waals surface area contributed by atoms with Crippen LogP contribution in [0.5, 0.6) is 0 Å². The number of aromatic nitrogens is 3. The molecule has 1 saturated heterocycles. The lowest BCUT2D eigenvalue weighted by Gasteiger charge is -2.26. The number of hydrogen-bond acceptors (Lipinski definition) is 4. The first-order chi connectivity index (χ1) is 8.43. The summed E-state index contributed by atoms with van der Waals surface area (Å²) in [5.74, 6) is 1.05. The fourth-order valence-electron chi connectivity index (χ4n) is 2.25. The molecule has 0 spiro atoms. The smallest absolute Gasteiger partial charge is 0.160 e. The van der Waals surface area contributed by atoms with Gasteiger partial charge in [-0.3, -0.25) is 4.40 Å². The van der Waals surface area contributed by atoms with Crippen LogP contribution in [0.3, 0.4) is 0 Å². The maximum Gasteiger partial charge on any atom is 0.160 e. The van der Waals surface area contributed by atoms with Crippen LogP contribution in [0.1, 0.15) is 5.82 Å². The van der Waals surface area contributed by atoms with Crippen LogP contribution in [0.15, 0.2) is 24.4 Å². The van der Waals surface area contributed by atoms with Crippen LogP contribution in [-0.2, 0) is 6.42 Å². The second-order valence-corrected chi connectivity index (χ2v) is 4.39. The molecule has 0 saturated carbocycles. The third-order valence-corrected chi connectivity index (χ3v) is 3.25. The molecule has 90 valence electrons. The van der Waals surface area contributed by atoms with Crippen LogP contribution in [0, 0.1) is 0 Å². The summed E-state index contributed by atoms with van der Waals surface area (Å²) >= 11 is 0. The molecular formula is C12H17N5. The Kier molecular flexibility index (Phi) is 3.02. The Balaban J connectivity index is 1.68. The predicted molar refractivity (Wildman–Crippen MR) is 66.0 cm³/mol. The molecule has 1 aliphatic heterocycles. The number of hydrogen-bond donors (Lipinski definition) is 1. The molecule has 17 heavy (non-hydrogen) atoms. The van der Waals surface area contributed by atoms with E-state index in [-0.39, 0.29) is 0 Å². The number of rotatable bonds is 3. The van der Waals surface area contributed by atoms with Crippen molar-refractivity contribution in [1.82, 2.24) is 24.8 Å². The number of nitrogens with one attached hydrogen (secondary N) is 1. The van der Waals surface area contributed by atoms with Crippen molar-refractivity contribution in [1.29, 1.82) is 0 Å². The largest absolute Gasteiger partial charge is 0.314 e. The Morgan fingerprint density at radius 1 is 1.18 bits per heavy atom. The van der Waals surface area contributed by atoms with Crippen LogP contribution in [0.25, 0.3) is 5.65 Å². The maximum atomic E-state index is 4.25. The zero-order valence-corrected chi connectivity index (χ0v) is 9.84. The highest BCUT2D eigenvalue weighted by molar-refractivity contribution is 5.36. The fraction of sp³-hybridized carbons (Fsp3) is 0.500. The lowest BCUT2D eigenvalue weighted by Crippen LogP contribution is -2.44. The molecule has 0 radical (unpaired) electrons. The van der Waals surface area contributed by atoms with E-state index in [1.807, 2.05) is 24.4 Å². The normalized spacial score (nSPS) is 17.6. The number of pyridine rings is 1.